The average Bonchev–Trinajstić information content (AvgIpc) is 2.53. The molecule has 0 aromatic carbocycles. The van der Waals surface area contributed by atoms with Gasteiger partial charge in [-0.05, 0) is 0 Å². The van der Waals surface area contributed by atoms with Gasteiger partial charge < -0.3 is 0 Å². The minimum atomic E-state index is 0.0498. The molecule has 4 heteroatoms. The fourth-order valence-electron chi connectivity index (χ4n) is 1.60. The van der Waals surface area contributed by atoms with Crippen molar-refractivity contribution in [2.24, 2.45) is 0 Å². The Labute approximate surface area is 79.8 Å². The van der Waals surface area contributed by atoms with Gasteiger partial charge in [0.2, 0.25) is 0 Å². The monoisotopic (exact) mass is 195 g/mol. The maximum Gasteiger partial charge on any atom is 0.140 e. The highest BCUT2D eigenvalue weighted by Gasteiger charge is 2.27. The Hall–Kier alpha value is -1.03. The Bertz CT molecular complexity index is 315. The number of rotatable bonds is 1. The first-order valence-electron chi connectivity index (χ1n) is 4.18. The van der Waals surface area contributed by atoms with Crippen LogP contribution in [0.2, 0.25) is 0 Å². The molecule has 1 aromatic heterocycles. The van der Waals surface area contributed by atoms with Gasteiger partial charge in [-0.1, -0.05) is 0 Å². The normalized spacial score (nSPS) is 19.4. The van der Waals surface area contributed by atoms with Crippen molar-refractivity contribution in [3.05, 3.63) is 16.6 Å². The van der Waals surface area contributed by atoms with Crippen molar-refractivity contribution in [3.63, 3.8) is 0 Å². The SMILES string of the molecule is O=C1CC(=O)CC(c2nccs2)C1. The van der Waals surface area contributed by atoms with Crippen molar-refractivity contribution < 1.29 is 9.59 Å². The lowest BCUT2D eigenvalue weighted by Crippen LogP contribution is -2.21. The van der Waals surface area contributed by atoms with E-state index in [9.17, 15) is 9.59 Å². The second-order valence-electron chi connectivity index (χ2n) is 3.23. The third kappa shape index (κ3) is 1.83. The minimum absolute atomic E-state index is 0.0498. The van der Waals surface area contributed by atoms with E-state index >= 15 is 0 Å². The van der Waals surface area contributed by atoms with Gasteiger partial charge in [0.25, 0.3) is 0 Å². The zero-order valence-electron chi connectivity index (χ0n) is 7.03. The molecule has 3 nitrogen and oxygen atoms in total. The van der Waals surface area contributed by atoms with E-state index < -0.39 is 0 Å². The topological polar surface area (TPSA) is 47.0 Å². The second kappa shape index (κ2) is 3.38. The van der Waals surface area contributed by atoms with Crippen molar-refractivity contribution >= 4 is 22.9 Å². The summed E-state index contributed by atoms with van der Waals surface area (Å²) in [5, 5.41) is 2.79. The first-order chi connectivity index (χ1) is 6.25. The van der Waals surface area contributed by atoms with Crippen LogP contribution in [-0.2, 0) is 9.59 Å². The van der Waals surface area contributed by atoms with Crippen LogP contribution in [0, 0.1) is 0 Å². The molecular formula is C9H9NO2S. The molecule has 0 unspecified atom stereocenters. The molecule has 0 saturated heterocycles. The molecule has 1 aliphatic rings. The van der Waals surface area contributed by atoms with Crippen LogP contribution in [0.15, 0.2) is 11.6 Å². The molecule has 13 heavy (non-hydrogen) atoms. The van der Waals surface area contributed by atoms with E-state index in [-0.39, 0.29) is 23.9 Å². The van der Waals surface area contributed by atoms with E-state index in [4.69, 9.17) is 0 Å². The fourth-order valence-corrected chi connectivity index (χ4v) is 2.34. The van der Waals surface area contributed by atoms with Crippen molar-refractivity contribution in [3.8, 4) is 0 Å². The van der Waals surface area contributed by atoms with Crippen LogP contribution in [0.3, 0.4) is 0 Å². The zero-order valence-corrected chi connectivity index (χ0v) is 7.84. The number of hydrogen-bond donors (Lipinski definition) is 0. The largest absolute Gasteiger partial charge is 0.299 e. The first-order valence-corrected chi connectivity index (χ1v) is 5.06. The molecule has 0 bridgehead atoms. The molecule has 1 aliphatic carbocycles. The highest BCUT2D eigenvalue weighted by Crippen LogP contribution is 2.30. The van der Waals surface area contributed by atoms with Gasteiger partial charge in [0, 0.05) is 30.3 Å². The molecule has 0 aliphatic heterocycles. The number of carbonyl (C=O) groups excluding carboxylic acids is 2. The van der Waals surface area contributed by atoms with E-state index in [1.54, 1.807) is 6.20 Å². The lowest BCUT2D eigenvalue weighted by Gasteiger charge is -2.17. The molecule has 0 N–H and O–H groups in total. The summed E-state index contributed by atoms with van der Waals surface area (Å²) < 4.78 is 0. The molecule has 1 saturated carbocycles. The summed E-state index contributed by atoms with van der Waals surface area (Å²) in [7, 11) is 0. The summed E-state index contributed by atoms with van der Waals surface area (Å²) in [6.45, 7) is 0. The Morgan fingerprint density at radius 1 is 1.31 bits per heavy atom. The maximum absolute atomic E-state index is 11.1. The average molecular weight is 195 g/mol. The van der Waals surface area contributed by atoms with Crippen LogP contribution in [0.4, 0.5) is 0 Å². The molecule has 68 valence electrons. The van der Waals surface area contributed by atoms with Crippen LogP contribution in [0.5, 0.6) is 0 Å². The highest BCUT2D eigenvalue weighted by molar-refractivity contribution is 7.09. The van der Waals surface area contributed by atoms with Crippen LogP contribution in [0.25, 0.3) is 0 Å². The fraction of sp³-hybridized carbons (Fsp3) is 0.444. The molecule has 2 rings (SSSR count). The van der Waals surface area contributed by atoms with Crippen LogP contribution < -0.4 is 0 Å². The number of hydrogen-bond acceptors (Lipinski definition) is 4. The summed E-state index contributed by atoms with van der Waals surface area (Å²) in [6.07, 6.45) is 2.81. The lowest BCUT2D eigenvalue weighted by atomic mass is 9.88. The van der Waals surface area contributed by atoms with Crippen LogP contribution in [-0.4, -0.2) is 16.6 Å². The minimum Gasteiger partial charge on any atom is -0.299 e. The Morgan fingerprint density at radius 2 is 2.00 bits per heavy atom. The van der Waals surface area contributed by atoms with E-state index in [0.29, 0.717) is 12.8 Å². The van der Waals surface area contributed by atoms with Crippen molar-refractivity contribution in [2.75, 3.05) is 0 Å². The van der Waals surface area contributed by atoms with Gasteiger partial charge in [-0.2, -0.15) is 0 Å². The summed E-state index contributed by atoms with van der Waals surface area (Å²) in [4.78, 5) is 26.4. The van der Waals surface area contributed by atoms with E-state index in [2.05, 4.69) is 4.98 Å². The number of carbonyl (C=O) groups is 2. The van der Waals surface area contributed by atoms with E-state index in [1.807, 2.05) is 5.38 Å². The molecule has 0 amide bonds. The standard InChI is InChI=1S/C9H9NO2S/c11-7-3-6(4-8(12)5-7)9-10-1-2-13-9/h1-2,6H,3-5H2. The number of nitrogens with zero attached hydrogens (tertiary/aromatic N) is 1. The van der Waals surface area contributed by atoms with Gasteiger partial charge in [0.15, 0.2) is 0 Å². The summed E-state index contributed by atoms with van der Waals surface area (Å²) in [5.74, 6) is 0.154. The molecule has 1 heterocycles. The Morgan fingerprint density at radius 3 is 2.54 bits per heavy atom. The molecular weight excluding hydrogens is 186 g/mol. The number of ketones is 2. The number of thiazole rings is 1. The lowest BCUT2D eigenvalue weighted by molar-refractivity contribution is -0.130. The first kappa shape index (κ1) is 8.56. The van der Waals surface area contributed by atoms with Crippen molar-refractivity contribution in [2.45, 2.75) is 25.2 Å². The second-order valence-corrected chi connectivity index (χ2v) is 4.16. The van der Waals surface area contributed by atoms with E-state index in [1.165, 1.54) is 11.3 Å². The highest BCUT2D eigenvalue weighted by atomic mass is 32.1. The van der Waals surface area contributed by atoms with Crippen LogP contribution in [0.1, 0.15) is 30.2 Å². The molecule has 0 atom stereocenters. The quantitative estimate of drug-likeness (QED) is 0.639. The van der Waals surface area contributed by atoms with Gasteiger partial charge >= 0.3 is 0 Å². The summed E-state index contributed by atoms with van der Waals surface area (Å²) >= 11 is 1.52. The summed E-state index contributed by atoms with van der Waals surface area (Å²) in [6, 6.07) is 0. The number of Topliss-reactive ketones (excluding diaryl/α,β-unsaturated/α-hetero) is 2. The Balaban J connectivity index is 2.16. The van der Waals surface area contributed by atoms with Gasteiger partial charge in [0.05, 0.1) is 11.4 Å². The van der Waals surface area contributed by atoms with Gasteiger partial charge in [-0.3, -0.25) is 9.59 Å². The van der Waals surface area contributed by atoms with Gasteiger partial charge in [-0.15, -0.1) is 11.3 Å². The Kier molecular flexibility index (Phi) is 2.22. The van der Waals surface area contributed by atoms with Gasteiger partial charge in [-0.25, -0.2) is 4.98 Å². The molecule has 0 radical (unpaired) electrons. The van der Waals surface area contributed by atoms with Crippen molar-refractivity contribution in [1.29, 1.82) is 0 Å². The van der Waals surface area contributed by atoms with Crippen molar-refractivity contribution in [1.82, 2.24) is 4.98 Å². The zero-order chi connectivity index (χ0) is 9.26. The van der Waals surface area contributed by atoms with Crippen LogP contribution >= 0.6 is 11.3 Å². The number of aromatic nitrogens is 1. The predicted octanol–water partition coefficient (Wildman–Crippen LogP) is 1.55. The smallest absolute Gasteiger partial charge is 0.140 e. The molecule has 1 fully saturated rings. The third-order valence-electron chi connectivity index (χ3n) is 2.14. The summed E-state index contributed by atoms with van der Waals surface area (Å²) in [5.41, 5.74) is 0. The molecule has 0 spiro atoms. The maximum atomic E-state index is 11.1. The van der Waals surface area contributed by atoms with E-state index in [0.717, 1.165) is 5.01 Å². The molecule has 1 aromatic rings. The van der Waals surface area contributed by atoms with Gasteiger partial charge in [0.1, 0.15) is 11.6 Å². The predicted molar refractivity (Wildman–Crippen MR) is 48.7 cm³/mol. The third-order valence-corrected chi connectivity index (χ3v) is 3.08.